The van der Waals surface area contributed by atoms with E-state index in [0.717, 1.165) is 11.6 Å². The molecule has 0 unspecified atom stereocenters. The number of carbonyl (C=O) groups excluding carboxylic acids is 1. The number of halogens is 1. The zero-order valence-corrected chi connectivity index (χ0v) is 11.6. The van der Waals surface area contributed by atoms with E-state index in [9.17, 15) is 9.18 Å². The van der Waals surface area contributed by atoms with Gasteiger partial charge >= 0.3 is 0 Å². The van der Waals surface area contributed by atoms with E-state index in [1.165, 1.54) is 12.1 Å². The Hall–Kier alpha value is -1.24. The molecule has 4 nitrogen and oxygen atoms in total. The Bertz CT molecular complexity index is 426. The standard InChI is InChI=1S/C12H18FN3OSi/c1-16(2)11(6-14)18-7-8-3-4-9(12(15)17)10(13)5-8/h3-5,11H,6-7,14H2,1-2H3,(H2,15,17)/t11-/m0/s1. The predicted molar refractivity (Wildman–Crippen MR) is 70.9 cm³/mol. The molecule has 4 N–H and O–H groups in total. The van der Waals surface area contributed by atoms with Crippen LogP contribution >= 0.6 is 0 Å². The van der Waals surface area contributed by atoms with Crippen LogP contribution in [0.1, 0.15) is 15.9 Å². The highest BCUT2D eigenvalue weighted by atomic mass is 28.2. The lowest BCUT2D eigenvalue weighted by Crippen LogP contribution is -2.40. The lowest BCUT2D eigenvalue weighted by atomic mass is 10.1. The molecule has 1 atom stereocenters. The van der Waals surface area contributed by atoms with E-state index < -0.39 is 11.7 Å². The topological polar surface area (TPSA) is 72.3 Å². The van der Waals surface area contributed by atoms with Gasteiger partial charge in [0.05, 0.1) is 15.1 Å². The smallest absolute Gasteiger partial charge is 0.251 e. The number of nitrogens with two attached hydrogens (primary N) is 2. The second-order valence-electron chi connectivity index (χ2n) is 4.27. The molecule has 0 bridgehead atoms. The molecule has 98 valence electrons. The fourth-order valence-electron chi connectivity index (χ4n) is 1.58. The van der Waals surface area contributed by atoms with Gasteiger partial charge in [-0.25, -0.2) is 4.39 Å². The van der Waals surface area contributed by atoms with E-state index in [1.807, 2.05) is 14.1 Å². The highest BCUT2D eigenvalue weighted by Gasteiger charge is 2.12. The van der Waals surface area contributed by atoms with E-state index >= 15 is 0 Å². The van der Waals surface area contributed by atoms with Crippen LogP contribution in [-0.4, -0.2) is 46.6 Å². The van der Waals surface area contributed by atoms with Crippen molar-refractivity contribution in [3.63, 3.8) is 0 Å². The molecule has 1 aromatic carbocycles. The molecule has 0 aliphatic heterocycles. The molecule has 0 saturated heterocycles. The van der Waals surface area contributed by atoms with E-state index in [4.69, 9.17) is 11.5 Å². The molecule has 1 rings (SSSR count). The Morgan fingerprint density at radius 1 is 1.50 bits per heavy atom. The number of rotatable bonds is 6. The van der Waals surface area contributed by atoms with Gasteiger partial charge in [0.2, 0.25) is 0 Å². The molecule has 0 heterocycles. The summed E-state index contributed by atoms with van der Waals surface area (Å²) in [5.74, 6) is -1.30. The molecule has 0 aliphatic rings. The Balaban J connectivity index is 2.69. The van der Waals surface area contributed by atoms with Gasteiger partial charge in [-0.3, -0.25) is 4.79 Å². The van der Waals surface area contributed by atoms with Gasteiger partial charge in [0.25, 0.3) is 5.91 Å². The zero-order chi connectivity index (χ0) is 13.7. The minimum atomic E-state index is -0.741. The summed E-state index contributed by atoms with van der Waals surface area (Å²) in [6, 6.07) is 5.29. The van der Waals surface area contributed by atoms with Crippen molar-refractivity contribution in [2.75, 3.05) is 20.6 Å². The normalized spacial score (nSPS) is 12.7. The third kappa shape index (κ3) is 3.90. The number of primary amides is 1. The summed E-state index contributed by atoms with van der Waals surface area (Å²) < 4.78 is 13.5. The van der Waals surface area contributed by atoms with Gasteiger partial charge in [0.1, 0.15) is 5.82 Å². The molecule has 6 heteroatoms. The average Bonchev–Trinajstić information content (AvgIpc) is 2.28. The van der Waals surface area contributed by atoms with E-state index in [2.05, 4.69) is 4.90 Å². The molecule has 18 heavy (non-hydrogen) atoms. The van der Waals surface area contributed by atoms with Crippen molar-refractivity contribution in [3.8, 4) is 0 Å². The predicted octanol–water partition coefficient (Wildman–Crippen LogP) is -0.0248. The van der Waals surface area contributed by atoms with Crippen LogP contribution in [0.2, 0.25) is 0 Å². The number of carbonyl (C=O) groups is 1. The van der Waals surface area contributed by atoms with Crippen LogP contribution < -0.4 is 11.5 Å². The molecule has 0 aromatic heterocycles. The summed E-state index contributed by atoms with van der Waals surface area (Å²) in [7, 11) is 4.53. The fourth-order valence-corrected chi connectivity index (χ4v) is 2.80. The highest BCUT2D eigenvalue weighted by Crippen LogP contribution is 2.10. The van der Waals surface area contributed by atoms with Gasteiger partial charge in [0.15, 0.2) is 0 Å². The molecular weight excluding hydrogens is 249 g/mol. The van der Waals surface area contributed by atoms with Crippen LogP contribution in [0.15, 0.2) is 18.2 Å². The maximum absolute atomic E-state index is 13.5. The quantitative estimate of drug-likeness (QED) is 0.711. The van der Waals surface area contributed by atoms with Crippen LogP contribution in [-0.2, 0) is 6.04 Å². The second kappa shape index (κ2) is 6.63. The summed E-state index contributed by atoms with van der Waals surface area (Å²) in [4.78, 5) is 13.0. The van der Waals surface area contributed by atoms with Gasteiger partial charge in [-0.15, -0.1) is 0 Å². The molecule has 0 aliphatic carbocycles. The first-order chi connectivity index (χ1) is 8.45. The third-order valence-corrected chi connectivity index (χ3v) is 4.52. The molecule has 0 fully saturated rings. The van der Waals surface area contributed by atoms with E-state index in [-0.39, 0.29) is 5.56 Å². The average molecular weight is 267 g/mol. The van der Waals surface area contributed by atoms with Gasteiger partial charge in [-0.1, -0.05) is 6.07 Å². The number of hydrogen-bond donors (Lipinski definition) is 2. The number of nitrogens with zero attached hydrogens (tertiary/aromatic N) is 1. The monoisotopic (exact) mass is 267 g/mol. The first kappa shape index (κ1) is 14.8. The summed E-state index contributed by atoms with van der Waals surface area (Å²) in [6.07, 6.45) is 0. The summed E-state index contributed by atoms with van der Waals surface area (Å²) in [5.41, 5.74) is 11.8. The van der Waals surface area contributed by atoms with Crippen LogP contribution in [0, 0.1) is 5.82 Å². The Morgan fingerprint density at radius 3 is 2.61 bits per heavy atom. The van der Waals surface area contributed by atoms with Crippen molar-refractivity contribution in [3.05, 3.63) is 35.1 Å². The number of hydrogen-bond acceptors (Lipinski definition) is 3. The zero-order valence-electron chi connectivity index (χ0n) is 10.6. The highest BCUT2D eigenvalue weighted by molar-refractivity contribution is 6.37. The lowest BCUT2D eigenvalue weighted by molar-refractivity contribution is 0.0996. The number of likely N-dealkylation sites (N-methyl/N-ethyl adjacent to an activating group) is 1. The van der Waals surface area contributed by atoms with E-state index in [1.54, 1.807) is 6.07 Å². The van der Waals surface area contributed by atoms with Crippen molar-refractivity contribution in [1.29, 1.82) is 0 Å². The third-order valence-electron chi connectivity index (χ3n) is 2.69. The number of benzene rings is 1. The van der Waals surface area contributed by atoms with Crippen molar-refractivity contribution < 1.29 is 9.18 Å². The van der Waals surface area contributed by atoms with Crippen LogP contribution in [0.4, 0.5) is 4.39 Å². The van der Waals surface area contributed by atoms with Gasteiger partial charge in [-0.2, -0.15) is 0 Å². The van der Waals surface area contributed by atoms with Crippen molar-refractivity contribution in [2.45, 2.75) is 11.7 Å². The van der Waals surface area contributed by atoms with Crippen LogP contribution in [0.25, 0.3) is 0 Å². The first-order valence-electron chi connectivity index (χ1n) is 5.63. The first-order valence-corrected chi connectivity index (χ1v) is 6.92. The maximum atomic E-state index is 13.5. The second-order valence-corrected chi connectivity index (χ2v) is 5.70. The van der Waals surface area contributed by atoms with Gasteiger partial charge in [0, 0.05) is 12.2 Å². The molecule has 0 spiro atoms. The van der Waals surface area contributed by atoms with Gasteiger partial charge < -0.3 is 16.4 Å². The SMILES string of the molecule is CN(C)[C@H](CN)[Si]Cc1ccc(C(N)=O)c(F)c1. The minimum Gasteiger partial charge on any atom is -0.366 e. The molecule has 1 aromatic rings. The molecule has 1 amide bonds. The summed E-state index contributed by atoms with van der Waals surface area (Å²) >= 11 is 0. The van der Waals surface area contributed by atoms with Crippen LogP contribution in [0.3, 0.4) is 0 Å². The maximum Gasteiger partial charge on any atom is 0.251 e. The largest absolute Gasteiger partial charge is 0.366 e. The van der Waals surface area contributed by atoms with Crippen LogP contribution in [0.5, 0.6) is 0 Å². The Kier molecular flexibility index (Phi) is 5.45. The van der Waals surface area contributed by atoms with E-state index in [0.29, 0.717) is 21.7 Å². The Labute approximate surface area is 109 Å². The Morgan fingerprint density at radius 2 is 2.17 bits per heavy atom. The minimum absolute atomic E-state index is 0.0648. The van der Waals surface area contributed by atoms with Crippen molar-refractivity contribution >= 4 is 15.4 Å². The van der Waals surface area contributed by atoms with Gasteiger partial charge in [-0.05, 0) is 37.8 Å². The summed E-state index contributed by atoms with van der Waals surface area (Å²) in [5, 5.41) is 0. The summed E-state index contributed by atoms with van der Waals surface area (Å²) in [6.45, 7) is 0.577. The fraction of sp³-hybridized carbons (Fsp3) is 0.417. The van der Waals surface area contributed by atoms with Crippen molar-refractivity contribution in [2.24, 2.45) is 11.5 Å². The number of amides is 1. The molecule has 2 radical (unpaired) electrons. The van der Waals surface area contributed by atoms with Crippen molar-refractivity contribution in [1.82, 2.24) is 4.90 Å². The molecular formula is C12H18FN3OSi. The lowest BCUT2D eigenvalue weighted by Gasteiger charge is -2.21. The molecule has 0 saturated carbocycles.